The molecule has 3 nitrogen and oxygen atoms in total. The van der Waals surface area contributed by atoms with Crippen LogP contribution in [0.5, 0.6) is 0 Å². The lowest BCUT2D eigenvalue weighted by atomic mass is 9.82. The van der Waals surface area contributed by atoms with Crippen LogP contribution in [-0.2, 0) is 0 Å². The van der Waals surface area contributed by atoms with Crippen molar-refractivity contribution in [2.75, 3.05) is 31.6 Å². The molecule has 0 amide bonds. The van der Waals surface area contributed by atoms with E-state index in [2.05, 4.69) is 30.7 Å². The average molecular weight is 399 g/mol. The van der Waals surface area contributed by atoms with E-state index in [4.69, 9.17) is 4.99 Å². The Kier molecular flexibility index (Phi) is 12.3. The number of nitrogens with one attached hydrogen (secondary N) is 2. The van der Waals surface area contributed by atoms with Crippen LogP contribution in [0, 0.1) is 11.8 Å². The van der Waals surface area contributed by atoms with Gasteiger partial charge in [0.1, 0.15) is 0 Å². The van der Waals surface area contributed by atoms with Crippen LogP contribution >= 0.6 is 35.7 Å². The number of hydrogen-bond donors (Lipinski definition) is 2. The molecule has 0 heterocycles. The Morgan fingerprint density at radius 1 is 1.32 bits per heavy atom. The van der Waals surface area contributed by atoms with Gasteiger partial charge in [-0.3, -0.25) is 4.99 Å². The van der Waals surface area contributed by atoms with Gasteiger partial charge in [0.2, 0.25) is 0 Å². The van der Waals surface area contributed by atoms with Gasteiger partial charge in [-0.25, -0.2) is 0 Å². The summed E-state index contributed by atoms with van der Waals surface area (Å²) in [6.07, 6.45) is 7.64. The fraction of sp³-hybridized carbons (Fsp3) is 0.929. The predicted octanol–water partition coefficient (Wildman–Crippen LogP) is 3.35. The summed E-state index contributed by atoms with van der Waals surface area (Å²) in [5, 5.41) is 6.71. The topological polar surface area (TPSA) is 36.4 Å². The zero-order valence-corrected chi connectivity index (χ0v) is 15.7. The van der Waals surface area contributed by atoms with Gasteiger partial charge < -0.3 is 10.6 Å². The van der Waals surface area contributed by atoms with Gasteiger partial charge in [-0.1, -0.05) is 19.8 Å². The summed E-state index contributed by atoms with van der Waals surface area (Å²) >= 11 is 1.86. The van der Waals surface area contributed by atoms with Gasteiger partial charge in [0.05, 0.1) is 0 Å². The second-order valence-corrected chi connectivity index (χ2v) is 6.26. The molecule has 0 aromatic heterocycles. The normalized spacial score (nSPS) is 23.6. The molecule has 2 atom stereocenters. The van der Waals surface area contributed by atoms with Crippen molar-refractivity contribution in [3.63, 3.8) is 0 Å². The number of rotatable bonds is 6. The zero-order chi connectivity index (χ0) is 13.2. The highest BCUT2D eigenvalue weighted by Gasteiger charge is 2.18. The maximum absolute atomic E-state index is 4.73. The van der Waals surface area contributed by atoms with E-state index in [-0.39, 0.29) is 24.0 Å². The molecule has 19 heavy (non-hydrogen) atoms. The lowest BCUT2D eigenvalue weighted by Crippen LogP contribution is -2.38. The van der Waals surface area contributed by atoms with Gasteiger partial charge >= 0.3 is 0 Å². The van der Waals surface area contributed by atoms with Crippen LogP contribution in [-0.4, -0.2) is 37.6 Å². The summed E-state index contributed by atoms with van der Waals surface area (Å²) in [4.78, 5) is 4.73. The van der Waals surface area contributed by atoms with Crippen molar-refractivity contribution in [3.05, 3.63) is 0 Å². The van der Waals surface area contributed by atoms with E-state index in [0.717, 1.165) is 43.2 Å². The number of aliphatic imine (C=N–C) groups is 1. The van der Waals surface area contributed by atoms with Crippen molar-refractivity contribution in [3.8, 4) is 0 Å². The number of hydrogen-bond acceptors (Lipinski definition) is 2. The summed E-state index contributed by atoms with van der Waals surface area (Å²) in [5.41, 5.74) is 0. The monoisotopic (exact) mass is 399 g/mol. The summed E-state index contributed by atoms with van der Waals surface area (Å²) in [6.45, 7) is 7.41. The molecule has 2 unspecified atom stereocenters. The molecule has 1 aliphatic carbocycles. The zero-order valence-electron chi connectivity index (χ0n) is 12.6. The molecule has 0 bridgehead atoms. The first-order valence-electron chi connectivity index (χ1n) is 7.27. The van der Waals surface area contributed by atoms with Gasteiger partial charge in [-0.15, -0.1) is 24.0 Å². The first-order chi connectivity index (χ1) is 8.76. The van der Waals surface area contributed by atoms with Crippen molar-refractivity contribution >= 4 is 41.7 Å². The highest BCUT2D eigenvalue weighted by Crippen LogP contribution is 2.28. The van der Waals surface area contributed by atoms with E-state index in [1.165, 1.54) is 25.7 Å². The van der Waals surface area contributed by atoms with Gasteiger partial charge in [0.15, 0.2) is 5.96 Å². The van der Waals surface area contributed by atoms with Crippen molar-refractivity contribution in [1.29, 1.82) is 0 Å². The molecule has 1 saturated carbocycles. The van der Waals surface area contributed by atoms with Crippen LogP contribution in [0.3, 0.4) is 0 Å². The fourth-order valence-corrected chi connectivity index (χ4v) is 2.87. The van der Waals surface area contributed by atoms with Crippen molar-refractivity contribution < 1.29 is 0 Å². The van der Waals surface area contributed by atoms with Crippen molar-refractivity contribution in [2.24, 2.45) is 16.8 Å². The number of guanidine groups is 1. The Labute approximate surface area is 140 Å². The summed E-state index contributed by atoms with van der Waals surface area (Å²) in [5.74, 6) is 3.81. The Balaban J connectivity index is 0.00000324. The summed E-state index contributed by atoms with van der Waals surface area (Å²) in [6, 6.07) is 0. The highest BCUT2D eigenvalue weighted by atomic mass is 127. The van der Waals surface area contributed by atoms with E-state index in [1.54, 1.807) is 0 Å². The SMILES string of the molecule is CCNC(=NCC1CCCC(C)C1)NCCSC.I. The molecule has 0 aromatic carbocycles. The van der Waals surface area contributed by atoms with Crippen LogP contribution in [0.1, 0.15) is 39.5 Å². The maximum Gasteiger partial charge on any atom is 0.191 e. The molecule has 2 N–H and O–H groups in total. The Morgan fingerprint density at radius 2 is 2.11 bits per heavy atom. The summed E-state index contributed by atoms with van der Waals surface area (Å²) < 4.78 is 0. The van der Waals surface area contributed by atoms with Crippen molar-refractivity contribution in [2.45, 2.75) is 39.5 Å². The largest absolute Gasteiger partial charge is 0.357 e. The average Bonchev–Trinajstić information content (AvgIpc) is 2.36. The molecular formula is C14H30IN3S. The van der Waals surface area contributed by atoms with E-state index in [1.807, 2.05) is 11.8 Å². The molecule has 5 heteroatoms. The fourth-order valence-electron chi connectivity index (χ4n) is 2.56. The lowest BCUT2D eigenvalue weighted by Gasteiger charge is -2.25. The third kappa shape index (κ3) is 9.00. The maximum atomic E-state index is 4.73. The highest BCUT2D eigenvalue weighted by molar-refractivity contribution is 14.0. The van der Waals surface area contributed by atoms with Crippen LogP contribution in [0.15, 0.2) is 4.99 Å². The second kappa shape index (κ2) is 12.1. The molecule has 0 aliphatic heterocycles. The lowest BCUT2D eigenvalue weighted by molar-refractivity contribution is 0.289. The first-order valence-corrected chi connectivity index (χ1v) is 8.66. The van der Waals surface area contributed by atoms with E-state index in [0.29, 0.717) is 0 Å². The molecule has 0 spiro atoms. The van der Waals surface area contributed by atoms with E-state index < -0.39 is 0 Å². The Bertz CT molecular complexity index is 249. The first kappa shape index (κ1) is 19.4. The molecule has 1 aliphatic rings. The van der Waals surface area contributed by atoms with Crippen LogP contribution in [0.25, 0.3) is 0 Å². The molecule has 0 aromatic rings. The van der Waals surface area contributed by atoms with E-state index in [9.17, 15) is 0 Å². The van der Waals surface area contributed by atoms with Crippen LogP contribution < -0.4 is 10.6 Å². The third-order valence-corrected chi connectivity index (χ3v) is 4.11. The molecule has 1 fully saturated rings. The Hall–Kier alpha value is 0.350. The van der Waals surface area contributed by atoms with Gasteiger partial charge in [-0.2, -0.15) is 11.8 Å². The van der Waals surface area contributed by atoms with Crippen LogP contribution in [0.2, 0.25) is 0 Å². The minimum atomic E-state index is 0. The predicted molar refractivity (Wildman–Crippen MR) is 98.9 cm³/mol. The minimum Gasteiger partial charge on any atom is -0.357 e. The smallest absolute Gasteiger partial charge is 0.191 e. The van der Waals surface area contributed by atoms with E-state index >= 15 is 0 Å². The van der Waals surface area contributed by atoms with Crippen molar-refractivity contribution in [1.82, 2.24) is 10.6 Å². The second-order valence-electron chi connectivity index (χ2n) is 5.28. The molecule has 0 radical (unpaired) electrons. The van der Waals surface area contributed by atoms with Gasteiger partial charge in [-0.05, 0) is 37.9 Å². The standard InChI is InChI=1S/C14H29N3S.HI/c1-4-15-14(16-8-9-18-3)17-11-13-7-5-6-12(2)10-13;/h12-13H,4-11H2,1-3H3,(H2,15,16,17);1H. The number of nitrogens with zero attached hydrogens (tertiary/aromatic N) is 1. The van der Waals surface area contributed by atoms with Crippen LogP contribution in [0.4, 0.5) is 0 Å². The van der Waals surface area contributed by atoms with Gasteiger partial charge in [0.25, 0.3) is 0 Å². The molecule has 0 saturated heterocycles. The number of thioether (sulfide) groups is 1. The summed E-state index contributed by atoms with van der Waals surface area (Å²) in [7, 11) is 0. The third-order valence-electron chi connectivity index (χ3n) is 3.50. The number of halogens is 1. The minimum absolute atomic E-state index is 0. The quantitative estimate of drug-likeness (QED) is 0.311. The Morgan fingerprint density at radius 3 is 2.74 bits per heavy atom. The van der Waals surface area contributed by atoms with Gasteiger partial charge in [0, 0.05) is 25.4 Å². The molecule has 114 valence electrons. The molecule has 1 rings (SSSR count). The molecular weight excluding hydrogens is 369 g/mol.